The third kappa shape index (κ3) is 3.00. The van der Waals surface area contributed by atoms with Crippen LogP contribution in [0.5, 0.6) is 0 Å². The molecule has 22 heavy (non-hydrogen) atoms. The lowest BCUT2D eigenvalue weighted by Crippen LogP contribution is -2.28. The number of rotatable bonds is 4. The summed E-state index contributed by atoms with van der Waals surface area (Å²) in [6.45, 7) is 0.404. The number of carbonyl (C=O) groups excluding carboxylic acids is 1. The average molecular weight is 291 g/mol. The van der Waals surface area contributed by atoms with Crippen molar-refractivity contribution in [3.8, 4) is 0 Å². The number of aliphatic hydroxyl groups is 1. The van der Waals surface area contributed by atoms with E-state index in [0.29, 0.717) is 12.1 Å². The van der Waals surface area contributed by atoms with E-state index >= 15 is 0 Å². The maximum Gasteiger partial charge on any atom is 0.253 e. The molecule has 0 unspecified atom stereocenters. The Balaban J connectivity index is 1.77. The zero-order valence-electron chi connectivity index (χ0n) is 12.1. The first-order valence-corrected chi connectivity index (χ1v) is 7.23. The molecular weight excluding hydrogens is 274 g/mol. The van der Waals surface area contributed by atoms with Gasteiger partial charge in [-0.2, -0.15) is 0 Å². The van der Waals surface area contributed by atoms with E-state index in [4.69, 9.17) is 0 Å². The fourth-order valence-electron chi connectivity index (χ4n) is 2.51. The van der Waals surface area contributed by atoms with Crippen molar-refractivity contribution in [2.24, 2.45) is 0 Å². The lowest BCUT2D eigenvalue weighted by atomic mass is 10.00. The highest BCUT2D eigenvalue weighted by Crippen LogP contribution is 2.24. The van der Waals surface area contributed by atoms with Crippen molar-refractivity contribution in [1.29, 1.82) is 0 Å². The van der Waals surface area contributed by atoms with E-state index < -0.39 is 6.10 Å². The molecule has 0 saturated carbocycles. The van der Waals surface area contributed by atoms with E-state index in [1.54, 1.807) is 6.07 Å². The fourth-order valence-corrected chi connectivity index (χ4v) is 2.51. The van der Waals surface area contributed by atoms with Crippen molar-refractivity contribution in [2.45, 2.75) is 12.6 Å². The number of amides is 1. The molecule has 0 fully saturated rings. The first-order chi connectivity index (χ1) is 10.8. The number of hydrogen-bond acceptors (Lipinski definition) is 2. The molecule has 0 spiro atoms. The van der Waals surface area contributed by atoms with Crippen molar-refractivity contribution in [3.05, 3.63) is 83.9 Å². The van der Waals surface area contributed by atoms with Crippen LogP contribution in [0, 0.1) is 0 Å². The summed E-state index contributed by atoms with van der Waals surface area (Å²) in [6.07, 6.45) is -1.17. The smallest absolute Gasteiger partial charge is 0.253 e. The second kappa shape index (κ2) is 6.41. The van der Waals surface area contributed by atoms with Crippen LogP contribution < -0.4 is 5.32 Å². The van der Waals surface area contributed by atoms with Crippen LogP contribution in [0.2, 0.25) is 0 Å². The van der Waals surface area contributed by atoms with Crippen LogP contribution in [0.25, 0.3) is 10.8 Å². The largest absolute Gasteiger partial charge is 0.378 e. The van der Waals surface area contributed by atoms with Gasteiger partial charge >= 0.3 is 0 Å². The number of benzene rings is 3. The van der Waals surface area contributed by atoms with Gasteiger partial charge in [0.1, 0.15) is 0 Å². The molecule has 0 aliphatic rings. The lowest BCUT2D eigenvalue weighted by Gasteiger charge is -2.14. The summed E-state index contributed by atoms with van der Waals surface area (Å²) in [4.78, 5) is 12.2. The van der Waals surface area contributed by atoms with Gasteiger partial charge in [0.25, 0.3) is 5.91 Å². The predicted molar refractivity (Wildman–Crippen MR) is 87.2 cm³/mol. The van der Waals surface area contributed by atoms with Crippen LogP contribution >= 0.6 is 0 Å². The van der Waals surface area contributed by atoms with Gasteiger partial charge in [0.15, 0.2) is 6.10 Å². The van der Waals surface area contributed by atoms with Crippen molar-refractivity contribution < 1.29 is 9.90 Å². The quantitative estimate of drug-likeness (QED) is 0.775. The first kappa shape index (κ1) is 14.3. The molecule has 3 heteroatoms. The molecule has 1 atom stereocenters. The highest BCUT2D eigenvalue weighted by molar-refractivity contribution is 5.91. The maximum absolute atomic E-state index is 12.2. The highest BCUT2D eigenvalue weighted by atomic mass is 16.3. The predicted octanol–water partition coefficient (Wildman–Crippen LogP) is 3.19. The molecule has 1 amide bonds. The van der Waals surface area contributed by atoms with Gasteiger partial charge < -0.3 is 10.4 Å². The Bertz CT molecular complexity index is 778. The molecule has 3 nitrogen and oxygen atoms in total. The van der Waals surface area contributed by atoms with Crippen LogP contribution in [0.1, 0.15) is 17.2 Å². The number of hydrogen-bond donors (Lipinski definition) is 2. The zero-order chi connectivity index (χ0) is 15.4. The summed E-state index contributed by atoms with van der Waals surface area (Å²) < 4.78 is 0. The molecule has 3 rings (SSSR count). The molecule has 0 saturated heterocycles. The Labute approximate surface area is 129 Å². The highest BCUT2D eigenvalue weighted by Gasteiger charge is 2.18. The number of aliphatic hydroxyl groups excluding tert-OH is 1. The minimum absolute atomic E-state index is 0.389. The van der Waals surface area contributed by atoms with Gasteiger partial charge in [0.2, 0.25) is 0 Å². The van der Waals surface area contributed by atoms with Crippen LogP contribution in [-0.4, -0.2) is 11.0 Å². The van der Waals surface area contributed by atoms with E-state index in [2.05, 4.69) is 5.32 Å². The summed E-state index contributed by atoms with van der Waals surface area (Å²) in [5, 5.41) is 15.0. The van der Waals surface area contributed by atoms with Gasteiger partial charge in [-0.1, -0.05) is 72.8 Å². The van der Waals surface area contributed by atoms with Crippen molar-refractivity contribution in [3.63, 3.8) is 0 Å². The fraction of sp³-hybridized carbons (Fsp3) is 0.105. The summed E-state index contributed by atoms with van der Waals surface area (Å²) >= 11 is 0. The van der Waals surface area contributed by atoms with Crippen molar-refractivity contribution in [1.82, 2.24) is 5.32 Å². The van der Waals surface area contributed by atoms with Crippen molar-refractivity contribution >= 4 is 16.7 Å². The molecule has 0 aromatic heterocycles. The van der Waals surface area contributed by atoms with Gasteiger partial charge in [0, 0.05) is 6.54 Å². The Morgan fingerprint density at radius 2 is 1.59 bits per heavy atom. The Morgan fingerprint density at radius 1 is 0.909 bits per heavy atom. The first-order valence-electron chi connectivity index (χ1n) is 7.23. The number of fused-ring (bicyclic) bond motifs is 1. The minimum atomic E-state index is -1.17. The second-order valence-electron chi connectivity index (χ2n) is 5.17. The molecule has 0 aliphatic carbocycles. The van der Waals surface area contributed by atoms with E-state index in [-0.39, 0.29) is 5.91 Å². The number of nitrogens with one attached hydrogen (secondary N) is 1. The van der Waals surface area contributed by atoms with Crippen LogP contribution in [-0.2, 0) is 11.3 Å². The zero-order valence-corrected chi connectivity index (χ0v) is 12.1. The Morgan fingerprint density at radius 3 is 2.41 bits per heavy atom. The Hall–Kier alpha value is -2.65. The average Bonchev–Trinajstić information content (AvgIpc) is 2.59. The molecule has 0 aliphatic heterocycles. The second-order valence-corrected chi connectivity index (χ2v) is 5.17. The molecule has 0 heterocycles. The summed E-state index contributed by atoms with van der Waals surface area (Å²) in [7, 11) is 0. The molecule has 3 aromatic carbocycles. The molecule has 110 valence electrons. The Kier molecular flexibility index (Phi) is 4.17. The van der Waals surface area contributed by atoms with E-state index in [1.165, 1.54) is 0 Å². The lowest BCUT2D eigenvalue weighted by molar-refractivity contribution is -0.129. The monoisotopic (exact) mass is 291 g/mol. The molecular formula is C19H17NO2. The van der Waals surface area contributed by atoms with Crippen LogP contribution in [0.3, 0.4) is 0 Å². The molecule has 3 aromatic rings. The number of carbonyl (C=O) groups is 1. The topological polar surface area (TPSA) is 49.3 Å². The van der Waals surface area contributed by atoms with Crippen LogP contribution in [0.4, 0.5) is 0 Å². The van der Waals surface area contributed by atoms with Gasteiger partial charge in [-0.05, 0) is 21.9 Å². The van der Waals surface area contributed by atoms with Gasteiger partial charge in [0.05, 0.1) is 0 Å². The third-order valence-corrected chi connectivity index (χ3v) is 3.68. The molecule has 0 radical (unpaired) electrons. The van der Waals surface area contributed by atoms with Crippen molar-refractivity contribution in [2.75, 3.05) is 0 Å². The van der Waals surface area contributed by atoms with Crippen LogP contribution in [0.15, 0.2) is 72.8 Å². The van der Waals surface area contributed by atoms with E-state index in [0.717, 1.165) is 16.3 Å². The normalized spacial score (nSPS) is 12.0. The maximum atomic E-state index is 12.2. The standard InChI is InChI=1S/C19H17NO2/c21-18(19(22)20-13-14-7-2-1-3-8-14)17-12-6-10-15-9-4-5-11-16(15)17/h1-12,18,21H,13H2,(H,20,22)/t18-/m1/s1. The van der Waals surface area contributed by atoms with Gasteiger partial charge in [-0.15, -0.1) is 0 Å². The van der Waals surface area contributed by atoms with E-state index in [1.807, 2.05) is 66.7 Å². The summed E-state index contributed by atoms with van der Waals surface area (Å²) in [6, 6.07) is 23.0. The molecule has 0 bridgehead atoms. The SMILES string of the molecule is O=C(NCc1ccccc1)[C@H](O)c1cccc2ccccc12. The minimum Gasteiger partial charge on any atom is -0.378 e. The summed E-state index contributed by atoms with van der Waals surface area (Å²) in [5.41, 5.74) is 1.63. The molecule has 2 N–H and O–H groups in total. The third-order valence-electron chi connectivity index (χ3n) is 3.68. The van der Waals surface area contributed by atoms with Gasteiger partial charge in [-0.25, -0.2) is 0 Å². The van der Waals surface area contributed by atoms with Gasteiger partial charge in [-0.3, -0.25) is 4.79 Å². The van der Waals surface area contributed by atoms with E-state index in [9.17, 15) is 9.90 Å². The summed E-state index contributed by atoms with van der Waals surface area (Å²) in [5.74, 6) is -0.389.